The molecule has 1 amide bonds. The number of aromatic nitrogens is 1. The van der Waals surface area contributed by atoms with Crippen molar-refractivity contribution in [3.05, 3.63) is 33.6 Å². The maximum Gasteiger partial charge on any atom is 0.231 e. The minimum atomic E-state index is 0.249. The standard InChI is InChI=1S/C19H21N3O2S/c23-18-10-15-9-14(8-13-2-1-3-22(18)19(13)15)16-12-25-17(20-16)11-21-4-6-24-7-5-21/h8-9,12H,1-7,10-11H2. The first-order valence-electron chi connectivity index (χ1n) is 8.99. The lowest BCUT2D eigenvalue weighted by molar-refractivity contribution is -0.117. The van der Waals surface area contributed by atoms with Crippen LogP contribution in [0.4, 0.5) is 5.69 Å². The van der Waals surface area contributed by atoms with Crippen LogP contribution in [0.15, 0.2) is 17.5 Å². The maximum absolute atomic E-state index is 12.2. The van der Waals surface area contributed by atoms with Crippen LogP contribution in [0.1, 0.15) is 22.6 Å². The molecule has 4 heterocycles. The van der Waals surface area contributed by atoms with Crippen LogP contribution in [0, 0.1) is 0 Å². The molecule has 0 bridgehead atoms. The van der Waals surface area contributed by atoms with Crippen molar-refractivity contribution < 1.29 is 9.53 Å². The topological polar surface area (TPSA) is 45.7 Å². The first kappa shape index (κ1) is 15.5. The molecule has 1 saturated heterocycles. The highest BCUT2D eigenvalue weighted by Gasteiger charge is 2.32. The van der Waals surface area contributed by atoms with Crippen LogP contribution in [-0.4, -0.2) is 48.6 Å². The van der Waals surface area contributed by atoms with Crippen molar-refractivity contribution in [1.29, 1.82) is 0 Å². The molecule has 5 rings (SSSR count). The van der Waals surface area contributed by atoms with Crippen LogP contribution >= 0.6 is 11.3 Å². The quantitative estimate of drug-likeness (QED) is 0.849. The highest BCUT2D eigenvalue weighted by atomic mass is 32.1. The zero-order chi connectivity index (χ0) is 16.8. The van der Waals surface area contributed by atoms with E-state index >= 15 is 0 Å². The smallest absolute Gasteiger partial charge is 0.231 e. The van der Waals surface area contributed by atoms with Gasteiger partial charge in [0.1, 0.15) is 5.01 Å². The average Bonchev–Trinajstić information content (AvgIpc) is 3.22. The Labute approximate surface area is 151 Å². The van der Waals surface area contributed by atoms with E-state index in [9.17, 15) is 4.79 Å². The van der Waals surface area contributed by atoms with Gasteiger partial charge in [0, 0.05) is 30.6 Å². The lowest BCUT2D eigenvalue weighted by Gasteiger charge is -2.26. The summed E-state index contributed by atoms with van der Waals surface area (Å²) in [6.45, 7) is 5.37. The number of anilines is 1. The summed E-state index contributed by atoms with van der Waals surface area (Å²) < 4.78 is 5.41. The molecule has 0 radical (unpaired) electrons. The Morgan fingerprint density at radius 1 is 1.16 bits per heavy atom. The lowest BCUT2D eigenvalue weighted by Crippen LogP contribution is -2.35. The van der Waals surface area contributed by atoms with Gasteiger partial charge in [-0.1, -0.05) is 0 Å². The van der Waals surface area contributed by atoms with Crippen LogP contribution in [-0.2, 0) is 28.9 Å². The molecule has 25 heavy (non-hydrogen) atoms. The zero-order valence-electron chi connectivity index (χ0n) is 14.2. The Morgan fingerprint density at radius 3 is 2.88 bits per heavy atom. The fraction of sp³-hybridized carbons (Fsp3) is 0.474. The van der Waals surface area contributed by atoms with E-state index in [-0.39, 0.29) is 5.91 Å². The van der Waals surface area contributed by atoms with Crippen molar-refractivity contribution in [1.82, 2.24) is 9.88 Å². The Kier molecular flexibility index (Phi) is 3.84. The Bertz CT molecular complexity index is 826. The number of amides is 1. The van der Waals surface area contributed by atoms with E-state index in [1.165, 1.54) is 16.8 Å². The summed E-state index contributed by atoms with van der Waals surface area (Å²) in [6.07, 6.45) is 2.66. The molecule has 5 nitrogen and oxygen atoms in total. The van der Waals surface area contributed by atoms with Gasteiger partial charge in [-0.15, -0.1) is 11.3 Å². The van der Waals surface area contributed by atoms with E-state index in [0.29, 0.717) is 6.42 Å². The van der Waals surface area contributed by atoms with E-state index < -0.39 is 0 Å². The van der Waals surface area contributed by atoms with Crippen LogP contribution < -0.4 is 4.90 Å². The van der Waals surface area contributed by atoms with Crippen LogP contribution in [0.2, 0.25) is 0 Å². The lowest BCUT2D eigenvalue weighted by atomic mass is 9.96. The summed E-state index contributed by atoms with van der Waals surface area (Å²) in [5.41, 5.74) is 5.88. The number of nitrogens with zero attached hydrogens (tertiary/aromatic N) is 3. The summed E-state index contributed by atoms with van der Waals surface area (Å²) >= 11 is 1.73. The van der Waals surface area contributed by atoms with Gasteiger partial charge in [0.15, 0.2) is 0 Å². The van der Waals surface area contributed by atoms with Crippen molar-refractivity contribution in [3.8, 4) is 11.3 Å². The summed E-state index contributed by atoms with van der Waals surface area (Å²) in [7, 11) is 0. The third-order valence-electron chi connectivity index (χ3n) is 5.32. The second-order valence-electron chi connectivity index (χ2n) is 6.98. The molecule has 0 N–H and O–H groups in total. The van der Waals surface area contributed by atoms with Crippen LogP contribution in [0.25, 0.3) is 11.3 Å². The van der Waals surface area contributed by atoms with Gasteiger partial charge in [0.05, 0.1) is 37.6 Å². The van der Waals surface area contributed by atoms with Gasteiger partial charge in [-0.05, 0) is 36.1 Å². The molecule has 0 unspecified atom stereocenters. The number of carbonyl (C=O) groups excluding carboxylic acids is 1. The summed E-state index contributed by atoms with van der Waals surface area (Å²) in [6, 6.07) is 4.42. The van der Waals surface area contributed by atoms with Crippen LogP contribution in [0.5, 0.6) is 0 Å². The number of ether oxygens (including phenoxy) is 1. The minimum absolute atomic E-state index is 0.249. The number of rotatable bonds is 3. The monoisotopic (exact) mass is 355 g/mol. The molecule has 1 fully saturated rings. The molecule has 0 spiro atoms. The first-order valence-corrected chi connectivity index (χ1v) is 9.87. The Hall–Kier alpha value is -1.76. The summed E-state index contributed by atoms with van der Waals surface area (Å²) in [5.74, 6) is 0.249. The minimum Gasteiger partial charge on any atom is -0.379 e. The molecule has 3 aliphatic rings. The summed E-state index contributed by atoms with van der Waals surface area (Å²) in [5, 5.41) is 3.31. The van der Waals surface area contributed by atoms with E-state index in [1.807, 2.05) is 4.90 Å². The molecule has 6 heteroatoms. The van der Waals surface area contributed by atoms with E-state index in [2.05, 4.69) is 22.4 Å². The number of thiazole rings is 1. The molecule has 1 aromatic carbocycles. The third kappa shape index (κ3) is 2.78. The third-order valence-corrected chi connectivity index (χ3v) is 6.15. The number of hydrogen-bond donors (Lipinski definition) is 0. The van der Waals surface area contributed by atoms with E-state index in [0.717, 1.165) is 68.5 Å². The number of benzene rings is 1. The van der Waals surface area contributed by atoms with Crippen molar-refractivity contribution in [2.75, 3.05) is 37.7 Å². The SMILES string of the molecule is O=C1Cc2cc(-c3csc(CN4CCOCC4)n3)cc3c2N1CCC3. The van der Waals surface area contributed by atoms with Gasteiger partial charge in [0.2, 0.25) is 5.91 Å². The second-order valence-corrected chi connectivity index (χ2v) is 7.93. The molecule has 0 atom stereocenters. The fourth-order valence-corrected chi connectivity index (χ4v) is 4.94. The van der Waals surface area contributed by atoms with E-state index in [1.54, 1.807) is 11.3 Å². The largest absolute Gasteiger partial charge is 0.379 e. The Morgan fingerprint density at radius 2 is 2.00 bits per heavy atom. The highest BCUT2D eigenvalue weighted by Crippen LogP contribution is 2.40. The Balaban J connectivity index is 1.43. The van der Waals surface area contributed by atoms with Gasteiger partial charge >= 0.3 is 0 Å². The number of aryl methyl sites for hydroxylation is 1. The van der Waals surface area contributed by atoms with Crippen molar-refractivity contribution in [2.45, 2.75) is 25.8 Å². The van der Waals surface area contributed by atoms with Gasteiger partial charge in [-0.25, -0.2) is 4.98 Å². The molecular formula is C19H21N3O2S. The summed E-state index contributed by atoms with van der Waals surface area (Å²) in [4.78, 5) is 21.5. The van der Waals surface area contributed by atoms with Gasteiger partial charge in [-0.3, -0.25) is 9.69 Å². The molecule has 130 valence electrons. The van der Waals surface area contributed by atoms with Gasteiger partial charge in [-0.2, -0.15) is 0 Å². The number of morpholine rings is 1. The fourth-order valence-electron chi connectivity index (χ4n) is 4.09. The first-order chi connectivity index (χ1) is 12.3. The highest BCUT2D eigenvalue weighted by molar-refractivity contribution is 7.09. The molecule has 0 saturated carbocycles. The van der Waals surface area contributed by atoms with Crippen molar-refractivity contribution in [3.63, 3.8) is 0 Å². The molecule has 0 aliphatic carbocycles. The van der Waals surface area contributed by atoms with Gasteiger partial charge in [0.25, 0.3) is 0 Å². The van der Waals surface area contributed by atoms with Crippen molar-refractivity contribution >= 4 is 22.9 Å². The molecule has 1 aromatic heterocycles. The molecule has 2 aromatic rings. The van der Waals surface area contributed by atoms with E-state index in [4.69, 9.17) is 9.72 Å². The number of carbonyl (C=O) groups is 1. The van der Waals surface area contributed by atoms with Gasteiger partial charge < -0.3 is 9.64 Å². The predicted octanol–water partition coefficient (Wildman–Crippen LogP) is 2.48. The second kappa shape index (κ2) is 6.20. The maximum atomic E-state index is 12.2. The molecular weight excluding hydrogens is 334 g/mol. The van der Waals surface area contributed by atoms with Crippen LogP contribution in [0.3, 0.4) is 0 Å². The zero-order valence-corrected chi connectivity index (χ0v) is 15.0. The number of hydrogen-bond acceptors (Lipinski definition) is 5. The van der Waals surface area contributed by atoms with Crippen molar-refractivity contribution in [2.24, 2.45) is 0 Å². The average molecular weight is 355 g/mol. The normalized spacial score (nSPS) is 20.2. The molecule has 3 aliphatic heterocycles. The predicted molar refractivity (Wildman–Crippen MR) is 98.0 cm³/mol.